The van der Waals surface area contributed by atoms with E-state index in [4.69, 9.17) is 11.6 Å². The number of anilines is 1. The molecular weight excluding hydrogens is 474 g/mol. The van der Waals surface area contributed by atoms with Gasteiger partial charge in [-0.3, -0.25) is 13.9 Å². The van der Waals surface area contributed by atoms with E-state index in [1.165, 1.54) is 11.0 Å². The van der Waals surface area contributed by atoms with E-state index in [2.05, 4.69) is 5.32 Å². The molecule has 2 rings (SSSR count). The molecule has 7 nitrogen and oxygen atoms in total. The molecule has 0 bridgehead atoms. The van der Waals surface area contributed by atoms with Crippen molar-refractivity contribution in [2.24, 2.45) is 5.92 Å². The van der Waals surface area contributed by atoms with Crippen molar-refractivity contribution in [2.45, 2.75) is 40.2 Å². The molecular formula is C25H34ClN3O4S. The Kier molecular flexibility index (Phi) is 9.94. The third-order valence-corrected chi connectivity index (χ3v) is 6.82. The molecule has 0 aromatic heterocycles. The number of hydrogen-bond donors (Lipinski definition) is 1. The van der Waals surface area contributed by atoms with Gasteiger partial charge in [0.25, 0.3) is 0 Å². The van der Waals surface area contributed by atoms with E-state index >= 15 is 0 Å². The Bertz CT molecular complexity index is 1090. The van der Waals surface area contributed by atoms with Gasteiger partial charge >= 0.3 is 0 Å². The van der Waals surface area contributed by atoms with E-state index in [1.54, 1.807) is 26.0 Å². The van der Waals surface area contributed by atoms with Crippen LogP contribution < -0.4 is 9.62 Å². The number of sulfonamides is 1. The highest BCUT2D eigenvalue weighted by molar-refractivity contribution is 7.92. The van der Waals surface area contributed by atoms with Crippen molar-refractivity contribution < 1.29 is 18.0 Å². The summed E-state index contributed by atoms with van der Waals surface area (Å²) in [5, 5.41) is 3.23. The molecule has 1 atom stereocenters. The maximum Gasteiger partial charge on any atom is 0.244 e. The summed E-state index contributed by atoms with van der Waals surface area (Å²) in [4.78, 5) is 27.7. The lowest BCUT2D eigenvalue weighted by atomic mass is 10.1. The van der Waals surface area contributed by atoms with E-state index in [1.807, 2.05) is 44.2 Å². The fraction of sp³-hybridized carbons (Fsp3) is 0.440. The first-order valence-corrected chi connectivity index (χ1v) is 13.5. The molecule has 0 saturated carbocycles. The highest BCUT2D eigenvalue weighted by Gasteiger charge is 2.30. The van der Waals surface area contributed by atoms with Crippen LogP contribution in [0.15, 0.2) is 48.5 Å². The average molecular weight is 508 g/mol. The van der Waals surface area contributed by atoms with E-state index in [-0.39, 0.29) is 18.4 Å². The standard InChI is InChI=1S/C25H34ClN3O4S/c1-18(2)16-27-25(31)20(4)28(14-13-21-9-7-6-8-10-21)24(30)17-29(34(5,32)33)23-15-22(26)12-11-19(23)3/h6-12,15,18,20H,13-14,16-17H2,1-5H3,(H,27,31). The zero-order chi connectivity index (χ0) is 25.5. The van der Waals surface area contributed by atoms with Crippen molar-refractivity contribution in [3.63, 3.8) is 0 Å². The predicted molar refractivity (Wildman–Crippen MR) is 138 cm³/mol. The highest BCUT2D eigenvalue weighted by Crippen LogP contribution is 2.26. The van der Waals surface area contributed by atoms with Crippen molar-refractivity contribution in [3.8, 4) is 0 Å². The molecule has 1 N–H and O–H groups in total. The lowest BCUT2D eigenvalue weighted by Gasteiger charge is -2.32. The molecule has 34 heavy (non-hydrogen) atoms. The van der Waals surface area contributed by atoms with Crippen LogP contribution in [0.2, 0.25) is 5.02 Å². The monoisotopic (exact) mass is 507 g/mol. The summed E-state index contributed by atoms with van der Waals surface area (Å²) in [6.07, 6.45) is 1.58. The molecule has 0 radical (unpaired) electrons. The second kappa shape index (κ2) is 12.2. The molecule has 2 aromatic rings. The smallest absolute Gasteiger partial charge is 0.244 e. The fourth-order valence-corrected chi connectivity index (χ4v) is 4.53. The number of aryl methyl sites for hydroxylation is 1. The Morgan fingerprint density at radius 2 is 1.71 bits per heavy atom. The van der Waals surface area contributed by atoms with E-state index in [0.717, 1.165) is 16.1 Å². The lowest BCUT2D eigenvalue weighted by molar-refractivity contribution is -0.138. The van der Waals surface area contributed by atoms with Crippen molar-refractivity contribution in [2.75, 3.05) is 30.2 Å². The van der Waals surface area contributed by atoms with E-state index in [9.17, 15) is 18.0 Å². The Balaban J connectivity index is 2.33. The van der Waals surface area contributed by atoms with Crippen LogP contribution in [0.5, 0.6) is 0 Å². The Labute approximate surface area is 208 Å². The molecule has 0 aliphatic heterocycles. The van der Waals surface area contributed by atoms with Gasteiger partial charge in [0.1, 0.15) is 12.6 Å². The average Bonchev–Trinajstić information content (AvgIpc) is 2.77. The molecule has 0 fully saturated rings. The van der Waals surface area contributed by atoms with Gasteiger partial charge in [0.15, 0.2) is 0 Å². The number of nitrogens with one attached hydrogen (secondary N) is 1. The van der Waals surface area contributed by atoms with Crippen LogP contribution in [0.4, 0.5) is 5.69 Å². The first kappa shape index (κ1) is 27.7. The van der Waals surface area contributed by atoms with Gasteiger partial charge in [0.05, 0.1) is 11.9 Å². The van der Waals surface area contributed by atoms with Crippen LogP contribution in [-0.4, -0.2) is 57.1 Å². The summed E-state index contributed by atoms with van der Waals surface area (Å²) in [5.74, 6) is -0.482. The summed E-state index contributed by atoms with van der Waals surface area (Å²) in [5.41, 5.74) is 2.02. The minimum atomic E-state index is -3.79. The summed E-state index contributed by atoms with van der Waals surface area (Å²) >= 11 is 6.11. The molecule has 2 aromatic carbocycles. The van der Waals surface area contributed by atoms with Gasteiger partial charge in [-0.05, 0) is 49.4 Å². The van der Waals surface area contributed by atoms with Crippen molar-refractivity contribution >= 4 is 39.1 Å². The molecule has 0 heterocycles. The third-order valence-electron chi connectivity index (χ3n) is 5.46. The fourth-order valence-electron chi connectivity index (χ4n) is 3.47. The van der Waals surface area contributed by atoms with Crippen molar-refractivity contribution in [3.05, 3.63) is 64.7 Å². The van der Waals surface area contributed by atoms with E-state index in [0.29, 0.717) is 29.2 Å². The van der Waals surface area contributed by atoms with Gasteiger partial charge in [-0.1, -0.05) is 61.8 Å². The van der Waals surface area contributed by atoms with Crippen LogP contribution in [0.1, 0.15) is 31.9 Å². The Hall–Kier alpha value is -2.58. The summed E-state index contributed by atoms with van der Waals surface area (Å²) < 4.78 is 26.3. The minimum absolute atomic E-state index is 0.260. The molecule has 2 amide bonds. The first-order chi connectivity index (χ1) is 15.9. The number of rotatable bonds is 11. The largest absolute Gasteiger partial charge is 0.354 e. The predicted octanol–water partition coefficient (Wildman–Crippen LogP) is 3.65. The first-order valence-electron chi connectivity index (χ1n) is 11.2. The number of amides is 2. The molecule has 0 aliphatic carbocycles. The summed E-state index contributed by atoms with van der Waals surface area (Å²) in [7, 11) is -3.79. The topological polar surface area (TPSA) is 86.8 Å². The number of carbonyl (C=O) groups excluding carboxylic acids is 2. The maximum absolute atomic E-state index is 13.5. The lowest BCUT2D eigenvalue weighted by Crippen LogP contribution is -2.52. The van der Waals surface area contributed by atoms with Crippen LogP contribution in [0, 0.1) is 12.8 Å². The van der Waals surface area contributed by atoms with Crippen molar-refractivity contribution in [1.29, 1.82) is 0 Å². The number of nitrogens with zero attached hydrogens (tertiary/aromatic N) is 2. The molecule has 0 spiro atoms. The number of carbonyl (C=O) groups is 2. The molecule has 1 unspecified atom stereocenters. The van der Waals surface area contributed by atoms with Gasteiger partial charge in [0, 0.05) is 18.1 Å². The normalized spacial score (nSPS) is 12.3. The Morgan fingerprint density at radius 1 is 1.06 bits per heavy atom. The third kappa shape index (κ3) is 8.02. The number of halogens is 1. The summed E-state index contributed by atoms with van der Waals surface area (Å²) in [6.45, 7) is 7.71. The molecule has 0 saturated heterocycles. The van der Waals surface area contributed by atoms with Gasteiger partial charge < -0.3 is 10.2 Å². The second-order valence-corrected chi connectivity index (χ2v) is 11.2. The van der Waals surface area contributed by atoms with Gasteiger partial charge in [0.2, 0.25) is 21.8 Å². The molecule has 0 aliphatic rings. The van der Waals surface area contributed by atoms with Crippen LogP contribution >= 0.6 is 11.6 Å². The zero-order valence-electron chi connectivity index (χ0n) is 20.4. The van der Waals surface area contributed by atoms with Crippen LogP contribution in [-0.2, 0) is 26.0 Å². The van der Waals surface area contributed by atoms with Gasteiger partial charge in [-0.15, -0.1) is 0 Å². The highest BCUT2D eigenvalue weighted by atomic mass is 35.5. The minimum Gasteiger partial charge on any atom is -0.354 e. The summed E-state index contributed by atoms with van der Waals surface area (Å²) in [6, 6.07) is 13.8. The van der Waals surface area contributed by atoms with Crippen LogP contribution in [0.25, 0.3) is 0 Å². The van der Waals surface area contributed by atoms with Crippen LogP contribution in [0.3, 0.4) is 0 Å². The molecule has 186 valence electrons. The molecule has 9 heteroatoms. The van der Waals surface area contributed by atoms with Gasteiger partial charge in [-0.25, -0.2) is 8.42 Å². The quantitative estimate of drug-likeness (QED) is 0.503. The number of benzene rings is 2. The number of hydrogen-bond acceptors (Lipinski definition) is 4. The van der Waals surface area contributed by atoms with E-state index < -0.39 is 28.5 Å². The van der Waals surface area contributed by atoms with Crippen molar-refractivity contribution in [1.82, 2.24) is 10.2 Å². The van der Waals surface area contributed by atoms with Gasteiger partial charge in [-0.2, -0.15) is 0 Å². The Morgan fingerprint density at radius 3 is 2.29 bits per heavy atom. The zero-order valence-corrected chi connectivity index (χ0v) is 22.0. The maximum atomic E-state index is 13.5. The second-order valence-electron chi connectivity index (χ2n) is 8.84. The SMILES string of the molecule is Cc1ccc(Cl)cc1N(CC(=O)N(CCc1ccccc1)C(C)C(=O)NCC(C)C)S(C)(=O)=O.